The van der Waals surface area contributed by atoms with Crippen LogP contribution in [0, 0.1) is 12.7 Å². The van der Waals surface area contributed by atoms with E-state index in [2.05, 4.69) is 5.43 Å². The summed E-state index contributed by atoms with van der Waals surface area (Å²) in [5.74, 6) is 5.03. The van der Waals surface area contributed by atoms with Gasteiger partial charge in [-0.25, -0.2) is 12.8 Å². The van der Waals surface area contributed by atoms with Gasteiger partial charge in [-0.1, -0.05) is 6.07 Å². The summed E-state index contributed by atoms with van der Waals surface area (Å²) >= 11 is 0. The minimum Gasteiger partial charge on any atom is -0.271 e. The quantitative estimate of drug-likeness (QED) is 0.613. The second kappa shape index (κ2) is 5.57. The Morgan fingerprint density at radius 2 is 2.06 bits per heavy atom. The first kappa shape index (κ1) is 14.1. The molecule has 0 saturated carbocycles. The highest BCUT2D eigenvalue weighted by Gasteiger charge is 2.14. The van der Waals surface area contributed by atoms with Crippen molar-refractivity contribution < 1.29 is 12.8 Å². The number of sulfone groups is 1. The van der Waals surface area contributed by atoms with Crippen LogP contribution in [0.4, 0.5) is 4.39 Å². The van der Waals surface area contributed by atoms with E-state index in [1.807, 2.05) is 0 Å². The first-order valence-corrected chi connectivity index (χ1v) is 7.29. The molecule has 0 radical (unpaired) electrons. The lowest BCUT2D eigenvalue weighted by molar-refractivity contribution is 0.526. The molecule has 0 aromatic heterocycles. The van der Waals surface area contributed by atoms with Gasteiger partial charge in [-0.2, -0.15) is 0 Å². The molecule has 0 heterocycles. The van der Waals surface area contributed by atoms with E-state index in [0.717, 1.165) is 11.8 Å². The van der Waals surface area contributed by atoms with E-state index in [0.29, 0.717) is 12.0 Å². The predicted octanol–water partition coefficient (Wildman–Crippen LogP) is 1.07. The standard InChI is InChI=1S/C11H17FN2O2S/c1-8-5-9(7-10(12)6-8)11(14-13)3-4-17(2,15)16/h5-7,11,14H,3-4,13H2,1-2H3. The number of benzene rings is 1. The highest BCUT2D eigenvalue weighted by molar-refractivity contribution is 7.90. The minimum atomic E-state index is -3.05. The van der Waals surface area contributed by atoms with Gasteiger partial charge in [0.1, 0.15) is 15.7 Å². The Morgan fingerprint density at radius 1 is 1.41 bits per heavy atom. The van der Waals surface area contributed by atoms with Crippen molar-refractivity contribution in [3.05, 3.63) is 35.1 Å². The maximum Gasteiger partial charge on any atom is 0.147 e. The van der Waals surface area contributed by atoms with Gasteiger partial charge in [-0.15, -0.1) is 0 Å². The van der Waals surface area contributed by atoms with Crippen LogP contribution in [-0.4, -0.2) is 20.4 Å². The van der Waals surface area contributed by atoms with Gasteiger partial charge in [0, 0.05) is 12.3 Å². The summed E-state index contributed by atoms with van der Waals surface area (Å²) in [6, 6.07) is 4.20. The zero-order valence-corrected chi connectivity index (χ0v) is 10.7. The monoisotopic (exact) mass is 260 g/mol. The van der Waals surface area contributed by atoms with Crippen LogP contribution < -0.4 is 11.3 Å². The third-order valence-electron chi connectivity index (χ3n) is 2.45. The van der Waals surface area contributed by atoms with Gasteiger partial charge in [0.25, 0.3) is 0 Å². The fourth-order valence-corrected chi connectivity index (χ4v) is 2.31. The largest absolute Gasteiger partial charge is 0.271 e. The van der Waals surface area contributed by atoms with Gasteiger partial charge in [0.2, 0.25) is 0 Å². The zero-order valence-electron chi connectivity index (χ0n) is 9.90. The Morgan fingerprint density at radius 3 is 2.53 bits per heavy atom. The maximum atomic E-state index is 13.2. The van der Waals surface area contributed by atoms with Crippen molar-refractivity contribution in [1.82, 2.24) is 5.43 Å². The Hall–Kier alpha value is -0.980. The highest BCUT2D eigenvalue weighted by Crippen LogP contribution is 2.19. The molecule has 0 spiro atoms. The average molecular weight is 260 g/mol. The van der Waals surface area contributed by atoms with Crippen LogP contribution in [0.25, 0.3) is 0 Å². The highest BCUT2D eigenvalue weighted by atomic mass is 32.2. The second-order valence-electron chi connectivity index (χ2n) is 4.20. The number of nitrogens with one attached hydrogen (secondary N) is 1. The van der Waals surface area contributed by atoms with Gasteiger partial charge in [0.15, 0.2) is 0 Å². The van der Waals surface area contributed by atoms with E-state index < -0.39 is 9.84 Å². The van der Waals surface area contributed by atoms with Crippen molar-refractivity contribution in [1.29, 1.82) is 0 Å². The van der Waals surface area contributed by atoms with Crippen LogP contribution in [0.5, 0.6) is 0 Å². The molecule has 0 aliphatic rings. The molecule has 1 aromatic carbocycles. The molecule has 1 aromatic rings. The molecule has 1 unspecified atom stereocenters. The normalized spacial score (nSPS) is 13.6. The van der Waals surface area contributed by atoms with E-state index in [1.54, 1.807) is 13.0 Å². The zero-order chi connectivity index (χ0) is 13.1. The first-order valence-electron chi connectivity index (χ1n) is 5.23. The van der Waals surface area contributed by atoms with Crippen LogP contribution in [-0.2, 0) is 9.84 Å². The van der Waals surface area contributed by atoms with Crippen molar-refractivity contribution in [3.63, 3.8) is 0 Å². The summed E-state index contributed by atoms with van der Waals surface area (Å²) < 4.78 is 35.4. The third-order valence-corrected chi connectivity index (χ3v) is 3.42. The number of hydrazine groups is 1. The molecule has 0 saturated heterocycles. The number of halogens is 1. The lowest BCUT2D eigenvalue weighted by Gasteiger charge is -2.16. The Balaban J connectivity index is 2.86. The van der Waals surface area contributed by atoms with Crippen molar-refractivity contribution in [2.24, 2.45) is 5.84 Å². The number of hydrogen-bond donors (Lipinski definition) is 2. The third kappa shape index (κ3) is 4.80. The molecule has 0 amide bonds. The molecule has 96 valence electrons. The van der Waals surface area contributed by atoms with Crippen molar-refractivity contribution in [2.45, 2.75) is 19.4 Å². The smallest absolute Gasteiger partial charge is 0.147 e. The topological polar surface area (TPSA) is 72.2 Å². The lowest BCUT2D eigenvalue weighted by Crippen LogP contribution is -2.29. The molecule has 1 rings (SSSR count). The Labute approximate surface area is 101 Å². The molecular formula is C11H17FN2O2S. The SMILES string of the molecule is Cc1cc(F)cc(C(CCS(C)(=O)=O)NN)c1. The van der Waals surface area contributed by atoms with E-state index in [4.69, 9.17) is 5.84 Å². The molecule has 6 heteroatoms. The maximum absolute atomic E-state index is 13.2. The van der Waals surface area contributed by atoms with Crippen LogP contribution in [0.1, 0.15) is 23.6 Å². The summed E-state index contributed by atoms with van der Waals surface area (Å²) in [4.78, 5) is 0. The summed E-state index contributed by atoms with van der Waals surface area (Å²) in [7, 11) is -3.05. The summed E-state index contributed by atoms with van der Waals surface area (Å²) in [5, 5.41) is 0. The molecule has 1 atom stereocenters. The molecule has 0 aliphatic heterocycles. The van der Waals surface area contributed by atoms with Gasteiger partial charge < -0.3 is 0 Å². The van der Waals surface area contributed by atoms with Crippen LogP contribution in [0.15, 0.2) is 18.2 Å². The Bertz CT molecular complexity index is 468. The number of aryl methyl sites for hydroxylation is 1. The number of hydrogen-bond acceptors (Lipinski definition) is 4. The summed E-state index contributed by atoms with van der Waals surface area (Å²) in [6.45, 7) is 1.77. The number of rotatable bonds is 5. The second-order valence-corrected chi connectivity index (χ2v) is 6.46. The van der Waals surface area contributed by atoms with Crippen molar-refractivity contribution >= 4 is 9.84 Å². The van der Waals surface area contributed by atoms with Gasteiger partial charge in [-0.05, 0) is 36.6 Å². The van der Waals surface area contributed by atoms with Crippen molar-refractivity contribution in [2.75, 3.05) is 12.0 Å². The minimum absolute atomic E-state index is 0.0113. The summed E-state index contributed by atoms with van der Waals surface area (Å²) in [6.07, 6.45) is 1.48. The van der Waals surface area contributed by atoms with E-state index in [-0.39, 0.29) is 17.6 Å². The van der Waals surface area contributed by atoms with E-state index in [1.165, 1.54) is 12.1 Å². The van der Waals surface area contributed by atoms with E-state index >= 15 is 0 Å². The molecule has 0 fully saturated rings. The fraction of sp³-hybridized carbons (Fsp3) is 0.455. The Kier molecular flexibility index (Phi) is 4.62. The molecule has 0 bridgehead atoms. The van der Waals surface area contributed by atoms with Crippen LogP contribution >= 0.6 is 0 Å². The predicted molar refractivity (Wildman–Crippen MR) is 65.5 cm³/mol. The molecule has 0 aliphatic carbocycles. The van der Waals surface area contributed by atoms with Crippen molar-refractivity contribution in [3.8, 4) is 0 Å². The molecule has 17 heavy (non-hydrogen) atoms. The fourth-order valence-electron chi connectivity index (χ4n) is 1.64. The van der Waals surface area contributed by atoms with Gasteiger partial charge >= 0.3 is 0 Å². The molecular weight excluding hydrogens is 243 g/mol. The van der Waals surface area contributed by atoms with E-state index in [9.17, 15) is 12.8 Å². The van der Waals surface area contributed by atoms with Gasteiger partial charge in [-0.3, -0.25) is 11.3 Å². The molecule has 3 N–H and O–H groups in total. The molecule has 4 nitrogen and oxygen atoms in total. The summed E-state index contributed by atoms with van der Waals surface area (Å²) in [5.41, 5.74) is 3.95. The first-order chi connectivity index (χ1) is 7.81. The lowest BCUT2D eigenvalue weighted by atomic mass is 10.0. The average Bonchev–Trinajstić information content (AvgIpc) is 2.15. The van der Waals surface area contributed by atoms with Crippen LogP contribution in [0.3, 0.4) is 0 Å². The van der Waals surface area contributed by atoms with Crippen LogP contribution in [0.2, 0.25) is 0 Å². The number of nitrogens with two attached hydrogens (primary N) is 1. The van der Waals surface area contributed by atoms with Gasteiger partial charge in [0.05, 0.1) is 5.75 Å².